The summed E-state index contributed by atoms with van der Waals surface area (Å²) >= 11 is 19.2. The molecule has 3 aliphatic rings. The van der Waals surface area contributed by atoms with Crippen LogP contribution >= 0.6 is 34.8 Å². The van der Waals surface area contributed by atoms with Gasteiger partial charge in [0.25, 0.3) is 0 Å². The molecule has 148 valence electrons. The second kappa shape index (κ2) is 6.33. The first-order valence-corrected chi connectivity index (χ1v) is 10.2. The largest absolute Gasteiger partial charge is 0.510 e. The summed E-state index contributed by atoms with van der Waals surface area (Å²) in [6, 6.07) is 11.5. The van der Waals surface area contributed by atoms with Crippen molar-refractivity contribution in [2.24, 2.45) is 0 Å². The van der Waals surface area contributed by atoms with Gasteiger partial charge in [0.15, 0.2) is 5.60 Å². The van der Waals surface area contributed by atoms with E-state index >= 15 is 0 Å². The van der Waals surface area contributed by atoms with Crippen molar-refractivity contribution in [1.29, 1.82) is 0 Å². The topological polar surface area (TPSA) is 76.0 Å². The predicted octanol–water partition coefficient (Wildman–Crippen LogP) is 4.73. The summed E-state index contributed by atoms with van der Waals surface area (Å²) < 4.78 is 12.0. The van der Waals surface area contributed by atoms with E-state index in [1.807, 2.05) is 0 Å². The molecule has 2 aromatic rings. The minimum atomic E-state index is -1.41. The molecule has 29 heavy (non-hydrogen) atoms. The molecule has 1 spiro atoms. The Labute approximate surface area is 180 Å². The Hall–Kier alpha value is -2.34. The molecule has 1 aliphatic carbocycles. The van der Waals surface area contributed by atoms with Gasteiger partial charge in [-0.1, -0.05) is 18.2 Å². The number of esters is 1. The molecule has 0 aromatic heterocycles. The molecule has 3 unspecified atom stereocenters. The molecule has 0 radical (unpaired) electrons. The predicted molar refractivity (Wildman–Crippen MR) is 108 cm³/mol. The lowest BCUT2D eigenvalue weighted by molar-refractivity contribution is 0.0189. The molecule has 5 nitrogen and oxygen atoms in total. The first-order chi connectivity index (χ1) is 13.9. The average molecular weight is 452 g/mol. The monoisotopic (exact) mass is 450 g/mol. The van der Waals surface area contributed by atoms with Gasteiger partial charge in [-0.25, -0.2) is 4.79 Å². The number of aliphatic hydroxyl groups is 1. The van der Waals surface area contributed by atoms with Crippen LogP contribution in [-0.2, 0) is 10.3 Å². The number of phenolic OH excluding ortho intramolecular Hbond substituents is 1. The zero-order chi connectivity index (χ0) is 20.5. The zero-order valence-electron chi connectivity index (χ0n) is 14.7. The number of aromatic hydroxyl groups is 1. The maximum absolute atomic E-state index is 12.8. The lowest BCUT2D eigenvalue weighted by Crippen LogP contribution is -2.44. The van der Waals surface area contributed by atoms with Crippen LogP contribution in [0.1, 0.15) is 21.5 Å². The summed E-state index contributed by atoms with van der Waals surface area (Å²) in [4.78, 5) is 12.8. The molecule has 8 heteroatoms. The van der Waals surface area contributed by atoms with Gasteiger partial charge >= 0.3 is 5.97 Å². The molecule has 2 aromatic carbocycles. The van der Waals surface area contributed by atoms with Gasteiger partial charge in [0.1, 0.15) is 28.4 Å². The smallest absolute Gasteiger partial charge is 0.340 e. The van der Waals surface area contributed by atoms with Crippen molar-refractivity contribution in [3.63, 3.8) is 0 Å². The summed E-state index contributed by atoms with van der Waals surface area (Å²) in [5, 5.41) is 18.6. The lowest BCUT2D eigenvalue weighted by Gasteiger charge is -2.43. The number of benzene rings is 2. The third kappa shape index (κ3) is 2.32. The van der Waals surface area contributed by atoms with Crippen molar-refractivity contribution >= 4 is 40.8 Å². The molecule has 0 amide bonds. The fraction of sp³-hybridized carbons (Fsp3) is 0.190. The maximum atomic E-state index is 12.8. The second-order valence-electron chi connectivity index (χ2n) is 6.94. The quantitative estimate of drug-likeness (QED) is 0.484. The van der Waals surface area contributed by atoms with E-state index in [0.29, 0.717) is 22.3 Å². The number of carbonyl (C=O) groups is 1. The number of ether oxygens (including phenoxy) is 2. The highest BCUT2D eigenvalue weighted by atomic mass is 35.5. The Balaban J connectivity index is 1.92. The van der Waals surface area contributed by atoms with E-state index in [9.17, 15) is 15.0 Å². The number of aliphatic hydroxyl groups excluding tert-OH is 1. The number of rotatable bonds is 1. The second-order valence-corrected chi connectivity index (χ2v) is 8.15. The third-order valence-electron chi connectivity index (χ3n) is 5.46. The summed E-state index contributed by atoms with van der Waals surface area (Å²) in [5.74, 6) is -0.393. The Morgan fingerprint density at radius 2 is 1.79 bits per heavy atom. The first kappa shape index (κ1) is 18.7. The third-order valence-corrected chi connectivity index (χ3v) is 6.79. The Kier molecular flexibility index (Phi) is 4.07. The summed E-state index contributed by atoms with van der Waals surface area (Å²) in [6.07, 6.45) is 0. The fourth-order valence-electron chi connectivity index (χ4n) is 4.21. The number of hydrogen-bond acceptors (Lipinski definition) is 5. The highest BCUT2D eigenvalue weighted by Gasteiger charge is 2.59. The van der Waals surface area contributed by atoms with Crippen LogP contribution in [0.5, 0.6) is 11.5 Å². The van der Waals surface area contributed by atoms with Gasteiger partial charge < -0.3 is 19.7 Å². The average Bonchev–Trinajstić information content (AvgIpc) is 2.99. The Morgan fingerprint density at radius 1 is 1.03 bits per heavy atom. The van der Waals surface area contributed by atoms with Crippen LogP contribution in [0.3, 0.4) is 0 Å². The van der Waals surface area contributed by atoms with Crippen LogP contribution < -0.4 is 4.74 Å². The van der Waals surface area contributed by atoms with Crippen molar-refractivity contribution < 1.29 is 24.5 Å². The fourth-order valence-corrected chi connectivity index (χ4v) is 5.10. The van der Waals surface area contributed by atoms with E-state index in [4.69, 9.17) is 44.3 Å². The zero-order valence-corrected chi connectivity index (χ0v) is 16.9. The molecule has 2 aliphatic heterocycles. The Bertz CT molecular complexity index is 1140. The highest BCUT2D eigenvalue weighted by molar-refractivity contribution is 6.33. The molecule has 0 bridgehead atoms. The lowest BCUT2D eigenvalue weighted by atomic mass is 9.73. The van der Waals surface area contributed by atoms with Gasteiger partial charge in [-0.15, -0.1) is 34.8 Å². The Morgan fingerprint density at radius 3 is 2.55 bits per heavy atom. The van der Waals surface area contributed by atoms with E-state index in [2.05, 4.69) is 0 Å². The van der Waals surface area contributed by atoms with Gasteiger partial charge in [0.2, 0.25) is 0 Å². The summed E-state index contributed by atoms with van der Waals surface area (Å²) in [7, 11) is 0. The van der Waals surface area contributed by atoms with Gasteiger partial charge in [-0.3, -0.25) is 0 Å². The molecular formula is C21H13Cl3O5. The van der Waals surface area contributed by atoms with Crippen molar-refractivity contribution in [1.82, 2.24) is 0 Å². The van der Waals surface area contributed by atoms with Crippen molar-refractivity contribution in [2.45, 2.75) is 16.4 Å². The van der Waals surface area contributed by atoms with Crippen LogP contribution in [0.2, 0.25) is 0 Å². The normalized spacial score (nSPS) is 27.3. The number of phenols is 1. The van der Waals surface area contributed by atoms with E-state index in [1.54, 1.807) is 30.3 Å². The van der Waals surface area contributed by atoms with Gasteiger partial charge in [-0.2, -0.15) is 0 Å². The minimum absolute atomic E-state index is 0.0327. The number of halogens is 3. The number of alkyl halides is 3. The summed E-state index contributed by atoms with van der Waals surface area (Å²) in [6.45, 7) is 0. The molecular weight excluding hydrogens is 439 g/mol. The molecule has 0 saturated heterocycles. The number of carbonyl (C=O) groups excluding carboxylic acids is 1. The van der Waals surface area contributed by atoms with Crippen LogP contribution in [0, 0.1) is 0 Å². The molecule has 0 saturated carbocycles. The molecule has 5 rings (SSSR count). The van der Waals surface area contributed by atoms with Crippen molar-refractivity contribution in [3.05, 3.63) is 81.8 Å². The van der Waals surface area contributed by atoms with E-state index < -0.39 is 22.3 Å². The van der Waals surface area contributed by atoms with Gasteiger partial charge in [0.05, 0.1) is 16.8 Å². The van der Waals surface area contributed by atoms with Crippen LogP contribution in [-0.4, -0.2) is 32.8 Å². The number of hydrogen-bond donors (Lipinski definition) is 2. The van der Waals surface area contributed by atoms with E-state index in [0.717, 1.165) is 0 Å². The molecule has 2 heterocycles. The first-order valence-electron chi connectivity index (χ1n) is 8.75. The number of allylic oxidation sites excluding steroid dienone is 2. The molecule has 3 atom stereocenters. The van der Waals surface area contributed by atoms with Gasteiger partial charge in [0, 0.05) is 28.3 Å². The molecule has 0 fully saturated rings. The van der Waals surface area contributed by atoms with Crippen molar-refractivity contribution in [2.75, 3.05) is 5.88 Å². The molecule has 2 N–H and O–H groups in total. The van der Waals surface area contributed by atoms with Crippen LogP contribution in [0.25, 0.3) is 0 Å². The van der Waals surface area contributed by atoms with Crippen LogP contribution in [0.4, 0.5) is 0 Å². The van der Waals surface area contributed by atoms with Gasteiger partial charge in [-0.05, 0) is 18.2 Å². The summed E-state index contributed by atoms with van der Waals surface area (Å²) in [5.41, 5.74) is 0.703. The standard InChI is InChI=1S/C21H13Cl3O5/c22-8-11-18(26)17(24)16(23)15-19(11)28-14-7-9(25)5-6-13(14)21(15)12-4-2-1-3-10(12)20(27)29-21/h1-7,16-17,25-26H,8H2. The van der Waals surface area contributed by atoms with Crippen molar-refractivity contribution in [3.8, 4) is 11.5 Å². The SMILES string of the molecule is O=C1OC2(C3=C(Oc4cc(O)ccc42)C(CCl)=C(O)C(Cl)C3Cl)c2ccccc21. The number of fused-ring (bicyclic) bond motifs is 5. The minimum Gasteiger partial charge on any atom is -0.510 e. The van der Waals surface area contributed by atoms with Crippen LogP contribution in [0.15, 0.2) is 65.1 Å². The van der Waals surface area contributed by atoms with E-state index in [-0.39, 0.29) is 34.5 Å². The van der Waals surface area contributed by atoms with E-state index in [1.165, 1.54) is 12.1 Å². The highest BCUT2D eigenvalue weighted by Crippen LogP contribution is 2.58. The maximum Gasteiger partial charge on any atom is 0.340 e.